The minimum atomic E-state index is -0.0615. The molecule has 5 nitrogen and oxygen atoms in total. The second kappa shape index (κ2) is 8.65. The molecule has 28 heavy (non-hydrogen) atoms. The van der Waals surface area contributed by atoms with Gasteiger partial charge in [-0.2, -0.15) is 0 Å². The summed E-state index contributed by atoms with van der Waals surface area (Å²) in [5.41, 5.74) is 2.91. The van der Waals surface area contributed by atoms with E-state index in [1.165, 1.54) is 6.42 Å². The number of nitrogens with zero attached hydrogens (tertiary/aromatic N) is 1. The van der Waals surface area contributed by atoms with Crippen molar-refractivity contribution < 1.29 is 14.3 Å². The lowest BCUT2D eigenvalue weighted by molar-refractivity contribution is -0.0694. The number of ether oxygens (including phenoxy) is 2. The fourth-order valence-electron chi connectivity index (χ4n) is 4.12. The molecule has 1 saturated carbocycles. The number of rotatable bonds is 4. The zero-order chi connectivity index (χ0) is 19.3. The van der Waals surface area contributed by atoms with E-state index in [9.17, 15) is 4.79 Å². The number of aryl methyl sites for hydroxylation is 1. The zero-order valence-electron chi connectivity index (χ0n) is 16.4. The summed E-state index contributed by atoms with van der Waals surface area (Å²) in [5.74, 6) is 0.700. The highest BCUT2D eigenvalue weighted by Gasteiger charge is 2.36. The van der Waals surface area contributed by atoms with Crippen molar-refractivity contribution >= 4 is 11.7 Å². The fraction of sp³-hybridized carbons (Fsp3) is 0.435. The maximum atomic E-state index is 13.0. The Morgan fingerprint density at radius 3 is 2.86 bits per heavy atom. The van der Waals surface area contributed by atoms with Gasteiger partial charge in [-0.05, 0) is 43.0 Å². The van der Waals surface area contributed by atoms with Gasteiger partial charge in [0.2, 0.25) is 0 Å². The van der Waals surface area contributed by atoms with Crippen LogP contribution in [0.2, 0.25) is 0 Å². The van der Waals surface area contributed by atoms with Gasteiger partial charge in [-0.1, -0.05) is 49.2 Å². The van der Waals surface area contributed by atoms with Gasteiger partial charge in [0.1, 0.15) is 12.4 Å². The van der Waals surface area contributed by atoms with Gasteiger partial charge in [-0.25, -0.2) is 4.79 Å². The molecule has 2 fully saturated rings. The Bertz CT molecular complexity index is 807. The number of morpholine rings is 1. The molecule has 2 aromatic rings. The second-order valence-corrected chi connectivity index (χ2v) is 7.66. The third kappa shape index (κ3) is 4.30. The molecule has 2 aliphatic rings. The van der Waals surface area contributed by atoms with E-state index in [2.05, 4.69) is 5.32 Å². The van der Waals surface area contributed by atoms with Crippen LogP contribution in [0.25, 0.3) is 0 Å². The minimum absolute atomic E-state index is 0.0615. The average Bonchev–Trinajstić information content (AvgIpc) is 2.74. The normalized spacial score (nSPS) is 21.7. The number of urea groups is 1. The van der Waals surface area contributed by atoms with E-state index in [-0.39, 0.29) is 18.2 Å². The Labute approximate surface area is 166 Å². The summed E-state index contributed by atoms with van der Waals surface area (Å²) in [4.78, 5) is 15.0. The van der Waals surface area contributed by atoms with Gasteiger partial charge in [-0.15, -0.1) is 0 Å². The predicted molar refractivity (Wildman–Crippen MR) is 110 cm³/mol. The molecule has 2 atom stereocenters. The van der Waals surface area contributed by atoms with Gasteiger partial charge >= 0.3 is 6.03 Å². The van der Waals surface area contributed by atoms with E-state index in [0.717, 1.165) is 30.4 Å². The van der Waals surface area contributed by atoms with E-state index in [4.69, 9.17) is 9.47 Å². The smallest absolute Gasteiger partial charge is 0.322 e. The summed E-state index contributed by atoms with van der Waals surface area (Å²) >= 11 is 0. The summed E-state index contributed by atoms with van der Waals surface area (Å²) in [7, 11) is 0. The van der Waals surface area contributed by atoms with Crippen LogP contribution in [-0.2, 0) is 11.3 Å². The maximum absolute atomic E-state index is 13.0. The summed E-state index contributed by atoms with van der Waals surface area (Å²) in [6, 6.07) is 16.1. The van der Waals surface area contributed by atoms with Crippen LogP contribution in [0.1, 0.15) is 36.8 Å². The van der Waals surface area contributed by atoms with Crippen molar-refractivity contribution in [1.29, 1.82) is 0 Å². The molecule has 0 unspecified atom stereocenters. The Morgan fingerprint density at radius 2 is 2.00 bits per heavy atom. The van der Waals surface area contributed by atoms with Crippen LogP contribution < -0.4 is 10.1 Å². The number of hydrogen-bond acceptors (Lipinski definition) is 3. The number of amides is 2. The number of fused-ring (bicyclic) bond motifs is 1. The summed E-state index contributed by atoms with van der Waals surface area (Å²) in [5, 5.41) is 3.08. The fourth-order valence-corrected chi connectivity index (χ4v) is 4.12. The van der Waals surface area contributed by atoms with Crippen LogP contribution in [0.4, 0.5) is 10.5 Å². The highest BCUT2D eigenvalue weighted by atomic mass is 16.5. The molecular formula is C23H28N2O3. The topological polar surface area (TPSA) is 50.8 Å². The van der Waals surface area contributed by atoms with Gasteiger partial charge in [0.05, 0.1) is 24.4 Å². The quantitative estimate of drug-likeness (QED) is 0.833. The number of benzene rings is 2. The molecule has 1 N–H and O–H groups in total. The van der Waals surface area contributed by atoms with E-state index < -0.39 is 0 Å². The first-order chi connectivity index (χ1) is 13.7. The molecule has 2 aromatic carbocycles. The molecule has 4 rings (SSSR count). The lowest BCUT2D eigenvalue weighted by Crippen LogP contribution is -2.56. The van der Waals surface area contributed by atoms with Crippen LogP contribution in [0.3, 0.4) is 0 Å². The van der Waals surface area contributed by atoms with Crippen LogP contribution in [0.15, 0.2) is 48.5 Å². The van der Waals surface area contributed by atoms with E-state index in [0.29, 0.717) is 31.2 Å². The molecule has 1 aliphatic carbocycles. The monoisotopic (exact) mass is 380 g/mol. The lowest BCUT2D eigenvalue weighted by atomic mass is 9.90. The van der Waals surface area contributed by atoms with Gasteiger partial charge in [0, 0.05) is 6.54 Å². The van der Waals surface area contributed by atoms with Crippen molar-refractivity contribution in [3.8, 4) is 5.75 Å². The maximum Gasteiger partial charge on any atom is 0.322 e. The second-order valence-electron chi connectivity index (χ2n) is 7.66. The molecule has 1 aliphatic heterocycles. The first kappa shape index (κ1) is 18.8. The van der Waals surface area contributed by atoms with E-state index in [1.54, 1.807) is 0 Å². The third-order valence-electron chi connectivity index (χ3n) is 5.61. The molecule has 2 amide bonds. The first-order valence-corrected chi connectivity index (χ1v) is 10.2. The van der Waals surface area contributed by atoms with Gasteiger partial charge < -0.3 is 19.7 Å². The van der Waals surface area contributed by atoms with Crippen LogP contribution >= 0.6 is 0 Å². The molecule has 0 bridgehead atoms. The number of carbonyl (C=O) groups excluding carboxylic acids is 1. The van der Waals surface area contributed by atoms with Crippen molar-refractivity contribution in [3.63, 3.8) is 0 Å². The van der Waals surface area contributed by atoms with Crippen LogP contribution in [0, 0.1) is 6.92 Å². The zero-order valence-corrected chi connectivity index (χ0v) is 16.4. The molecule has 0 spiro atoms. The SMILES string of the molecule is Cc1ccc(NC(=O)N2CCO[C@H]3CCCC[C@@H]32)c(OCc2ccccc2)c1. The predicted octanol–water partition coefficient (Wildman–Crippen LogP) is 4.75. The van der Waals surface area contributed by atoms with Crippen molar-refractivity contribution in [2.75, 3.05) is 18.5 Å². The van der Waals surface area contributed by atoms with E-state index >= 15 is 0 Å². The highest BCUT2D eigenvalue weighted by molar-refractivity contribution is 5.91. The number of carbonyl (C=O) groups is 1. The largest absolute Gasteiger partial charge is 0.487 e. The molecule has 0 aromatic heterocycles. The molecule has 1 saturated heterocycles. The molecule has 148 valence electrons. The number of anilines is 1. The van der Waals surface area contributed by atoms with Gasteiger partial charge in [0.25, 0.3) is 0 Å². The third-order valence-corrected chi connectivity index (χ3v) is 5.61. The Balaban J connectivity index is 1.47. The standard InChI is InChI=1S/C23H28N2O3/c1-17-11-12-19(22(15-17)28-16-18-7-3-2-4-8-18)24-23(26)25-13-14-27-21-10-6-5-9-20(21)25/h2-4,7-8,11-12,15,20-21H,5-6,9-10,13-14,16H2,1H3,(H,24,26)/t20-,21-/m0/s1. The van der Waals surface area contributed by atoms with Gasteiger partial charge in [0.15, 0.2) is 0 Å². The van der Waals surface area contributed by atoms with Crippen molar-refractivity contribution in [1.82, 2.24) is 4.90 Å². The van der Waals surface area contributed by atoms with Crippen molar-refractivity contribution in [3.05, 3.63) is 59.7 Å². The number of hydrogen-bond donors (Lipinski definition) is 1. The minimum Gasteiger partial charge on any atom is -0.487 e. The number of nitrogens with one attached hydrogen (secondary N) is 1. The van der Waals surface area contributed by atoms with Crippen LogP contribution in [0.5, 0.6) is 5.75 Å². The lowest BCUT2D eigenvalue weighted by Gasteiger charge is -2.43. The Morgan fingerprint density at radius 1 is 1.18 bits per heavy atom. The molecular weight excluding hydrogens is 352 g/mol. The van der Waals surface area contributed by atoms with Gasteiger partial charge in [-0.3, -0.25) is 0 Å². The molecule has 5 heteroatoms. The summed E-state index contributed by atoms with van der Waals surface area (Å²) < 4.78 is 11.9. The summed E-state index contributed by atoms with van der Waals surface area (Å²) in [6.45, 7) is 3.74. The molecule has 0 radical (unpaired) electrons. The van der Waals surface area contributed by atoms with Crippen molar-refractivity contribution in [2.24, 2.45) is 0 Å². The first-order valence-electron chi connectivity index (χ1n) is 10.2. The highest BCUT2D eigenvalue weighted by Crippen LogP contribution is 2.31. The molecule has 1 heterocycles. The van der Waals surface area contributed by atoms with Crippen LogP contribution in [-0.4, -0.2) is 36.2 Å². The van der Waals surface area contributed by atoms with E-state index in [1.807, 2.05) is 60.4 Å². The Kier molecular flexibility index (Phi) is 5.81. The summed E-state index contributed by atoms with van der Waals surface area (Å²) in [6.07, 6.45) is 4.59. The average molecular weight is 380 g/mol. The Hall–Kier alpha value is -2.53. The van der Waals surface area contributed by atoms with Crippen molar-refractivity contribution in [2.45, 2.75) is 51.4 Å².